The molecule has 0 amide bonds. The van der Waals surface area contributed by atoms with Crippen molar-refractivity contribution < 1.29 is 9.47 Å². The van der Waals surface area contributed by atoms with Gasteiger partial charge in [-0.3, -0.25) is 5.10 Å². The summed E-state index contributed by atoms with van der Waals surface area (Å²) in [5.74, 6) is 1.22. The molecule has 0 atom stereocenters. The second-order valence-electron chi connectivity index (χ2n) is 7.63. The summed E-state index contributed by atoms with van der Waals surface area (Å²) in [7, 11) is 0. The van der Waals surface area contributed by atoms with Gasteiger partial charge in [0.1, 0.15) is 6.10 Å². The normalized spacial score (nSPS) is 22.7. The van der Waals surface area contributed by atoms with E-state index in [0.717, 1.165) is 55.2 Å². The highest BCUT2D eigenvalue weighted by molar-refractivity contribution is 5.92. The van der Waals surface area contributed by atoms with Crippen molar-refractivity contribution in [1.29, 1.82) is 0 Å². The van der Waals surface area contributed by atoms with Gasteiger partial charge in [0, 0.05) is 30.1 Å². The highest BCUT2D eigenvalue weighted by Gasteiger charge is 2.23. The van der Waals surface area contributed by atoms with E-state index in [1.807, 2.05) is 18.2 Å². The average molecular weight is 395 g/mol. The number of ether oxygens (including phenoxy) is 2. The van der Waals surface area contributed by atoms with Crippen LogP contribution in [0.3, 0.4) is 0 Å². The molecule has 9 nitrogen and oxygen atoms in total. The predicted octanol–water partition coefficient (Wildman–Crippen LogP) is 1.90. The van der Waals surface area contributed by atoms with Crippen LogP contribution < -0.4 is 15.4 Å². The van der Waals surface area contributed by atoms with E-state index in [4.69, 9.17) is 20.2 Å². The number of nitrogens with zero attached hydrogens (tertiary/aromatic N) is 5. The minimum Gasteiger partial charge on any atom is -0.460 e. The first-order chi connectivity index (χ1) is 14.3. The minimum atomic E-state index is 0.0901. The Bertz CT molecular complexity index is 978. The van der Waals surface area contributed by atoms with Gasteiger partial charge in [0.15, 0.2) is 5.82 Å². The number of benzene rings is 1. The Morgan fingerprint density at radius 3 is 2.72 bits per heavy atom. The molecule has 0 bridgehead atoms. The van der Waals surface area contributed by atoms with Crippen LogP contribution in [0, 0.1) is 0 Å². The number of fused-ring (bicyclic) bond motifs is 1. The van der Waals surface area contributed by atoms with Crippen molar-refractivity contribution in [2.75, 3.05) is 31.2 Å². The largest absolute Gasteiger partial charge is 0.460 e. The van der Waals surface area contributed by atoms with Crippen molar-refractivity contribution in [2.24, 2.45) is 5.73 Å². The monoisotopic (exact) mass is 395 g/mol. The third-order valence-corrected chi connectivity index (χ3v) is 5.61. The Balaban J connectivity index is 1.52. The third-order valence-electron chi connectivity index (χ3n) is 5.61. The molecule has 1 aliphatic heterocycles. The topological polar surface area (TPSA) is 115 Å². The van der Waals surface area contributed by atoms with Crippen molar-refractivity contribution in [3.63, 3.8) is 0 Å². The Labute approximate surface area is 168 Å². The fourth-order valence-electron chi connectivity index (χ4n) is 3.94. The van der Waals surface area contributed by atoms with Crippen LogP contribution in [0.1, 0.15) is 25.7 Å². The molecule has 3 heterocycles. The molecule has 29 heavy (non-hydrogen) atoms. The lowest BCUT2D eigenvalue weighted by molar-refractivity contribution is 0.120. The van der Waals surface area contributed by atoms with Gasteiger partial charge in [0.2, 0.25) is 5.95 Å². The molecule has 0 radical (unpaired) electrons. The first-order valence-electron chi connectivity index (χ1n) is 10.2. The van der Waals surface area contributed by atoms with E-state index in [1.54, 1.807) is 6.20 Å². The Kier molecular flexibility index (Phi) is 4.99. The van der Waals surface area contributed by atoms with Crippen LogP contribution in [0.2, 0.25) is 0 Å². The van der Waals surface area contributed by atoms with Gasteiger partial charge in [-0.1, -0.05) is 12.1 Å². The fraction of sp³-hybridized carbons (Fsp3) is 0.500. The molecule has 1 saturated heterocycles. The summed E-state index contributed by atoms with van der Waals surface area (Å²) in [6.45, 7) is 2.82. The van der Waals surface area contributed by atoms with Crippen molar-refractivity contribution in [1.82, 2.24) is 25.1 Å². The average Bonchev–Trinajstić information content (AvgIpc) is 3.25. The summed E-state index contributed by atoms with van der Waals surface area (Å²) in [4.78, 5) is 16.2. The molecule has 5 rings (SSSR count). The van der Waals surface area contributed by atoms with E-state index in [2.05, 4.69) is 25.1 Å². The second kappa shape index (κ2) is 7.92. The molecule has 2 fully saturated rings. The second-order valence-corrected chi connectivity index (χ2v) is 7.63. The Morgan fingerprint density at radius 2 is 1.90 bits per heavy atom. The van der Waals surface area contributed by atoms with Gasteiger partial charge >= 0.3 is 6.01 Å². The maximum absolute atomic E-state index is 6.19. The molecule has 0 spiro atoms. The van der Waals surface area contributed by atoms with Gasteiger partial charge in [-0.05, 0) is 31.7 Å². The van der Waals surface area contributed by atoms with Crippen LogP contribution in [0.15, 0.2) is 24.4 Å². The SMILES string of the molecule is NC1CCC(Oc2nc(-c3cccc4[nH]ncc34)nc(N3CCOCC3)n2)CC1. The number of nitrogens with two attached hydrogens (primary N) is 1. The van der Waals surface area contributed by atoms with Crippen molar-refractivity contribution in [3.8, 4) is 17.4 Å². The lowest BCUT2D eigenvalue weighted by Crippen LogP contribution is -2.37. The number of rotatable bonds is 4. The molecule has 1 saturated carbocycles. The van der Waals surface area contributed by atoms with Gasteiger partial charge in [0.05, 0.1) is 24.9 Å². The zero-order chi connectivity index (χ0) is 19.6. The molecule has 3 aromatic rings. The van der Waals surface area contributed by atoms with E-state index < -0.39 is 0 Å². The van der Waals surface area contributed by atoms with Gasteiger partial charge in [-0.2, -0.15) is 20.1 Å². The smallest absolute Gasteiger partial charge is 0.322 e. The number of nitrogens with one attached hydrogen (secondary N) is 1. The minimum absolute atomic E-state index is 0.0901. The number of hydrogen-bond donors (Lipinski definition) is 2. The highest BCUT2D eigenvalue weighted by atomic mass is 16.5. The molecule has 2 aliphatic rings. The van der Waals surface area contributed by atoms with E-state index in [9.17, 15) is 0 Å². The maximum atomic E-state index is 6.19. The van der Waals surface area contributed by atoms with E-state index in [0.29, 0.717) is 31.0 Å². The molecule has 152 valence electrons. The summed E-state index contributed by atoms with van der Waals surface area (Å²) in [5, 5.41) is 8.13. The van der Waals surface area contributed by atoms with E-state index in [-0.39, 0.29) is 12.1 Å². The summed E-state index contributed by atoms with van der Waals surface area (Å²) in [6, 6.07) is 6.60. The van der Waals surface area contributed by atoms with Crippen molar-refractivity contribution in [3.05, 3.63) is 24.4 Å². The lowest BCUT2D eigenvalue weighted by Gasteiger charge is -2.28. The molecule has 9 heteroatoms. The highest BCUT2D eigenvalue weighted by Crippen LogP contribution is 2.28. The van der Waals surface area contributed by atoms with Crippen LogP contribution in [0.25, 0.3) is 22.3 Å². The van der Waals surface area contributed by atoms with E-state index >= 15 is 0 Å². The lowest BCUT2D eigenvalue weighted by atomic mass is 9.94. The summed E-state index contributed by atoms with van der Waals surface area (Å²) in [5.41, 5.74) is 7.88. The third kappa shape index (κ3) is 3.88. The van der Waals surface area contributed by atoms with Crippen LogP contribution in [-0.4, -0.2) is 63.6 Å². The molecule has 0 unspecified atom stereocenters. The number of anilines is 1. The first kappa shape index (κ1) is 18.3. The first-order valence-corrected chi connectivity index (χ1v) is 10.2. The standard InChI is InChI=1S/C20H25N7O2/c21-13-4-6-14(7-5-13)29-20-24-18(15-2-1-3-17-16(15)12-22-26-17)23-19(25-20)27-8-10-28-11-9-27/h1-3,12-14H,4-11,21H2,(H,22,26). The Morgan fingerprint density at radius 1 is 1.07 bits per heavy atom. The van der Waals surface area contributed by atoms with Crippen LogP contribution in [0.4, 0.5) is 5.95 Å². The van der Waals surface area contributed by atoms with E-state index in [1.165, 1.54) is 0 Å². The summed E-state index contributed by atoms with van der Waals surface area (Å²) >= 11 is 0. The van der Waals surface area contributed by atoms with Gasteiger partial charge in [-0.15, -0.1) is 0 Å². The van der Waals surface area contributed by atoms with Crippen molar-refractivity contribution >= 4 is 16.9 Å². The molecule has 1 aliphatic carbocycles. The molecule has 1 aromatic carbocycles. The van der Waals surface area contributed by atoms with Gasteiger partial charge in [0.25, 0.3) is 0 Å². The number of hydrogen-bond acceptors (Lipinski definition) is 8. The van der Waals surface area contributed by atoms with Crippen molar-refractivity contribution in [2.45, 2.75) is 37.8 Å². The summed E-state index contributed by atoms with van der Waals surface area (Å²) in [6.07, 6.45) is 5.66. The number of H-pyrrole nitrogens is 1. The van der Waals surface area contributed by atoms with Gasteiger partial charge < -0.3 is 20.1 Å². The van der Waals surface area contributed by atoms with Crippen LogP contribution >= 0.6 is 0 Å². The Hall–Kier alpha value is -2.78. The van der Waals surface area contributed by atoms with Crippen LogP contribution in [-0.2, 0) is 4.74 Å². The molecule has 2 aromatic heterocycles. The maximum Gasteiger partial charge on any atom is 0.322 e. The molecular formula is C20H25N7O2. The fourth-order valence-corrected chi connectivity index (χ4v) is 3.94. The van der Waals surface area contributed by atoms with Crippen LogP contribution in [0.5, 0.6) is 6.01 Å². The zero-order valence-electron chi connectivity index (χ0n) is 16.3. The predicted molar refractivity (Wildman–Crippen MR) is 109 cm³/mol. The van der Waals surface area contributed by atoms with Gasteiger partial charge in [-0.25, -0.2) is 0 Å². The molecule has 3 N–H and O–H groups in total. The number of aromatic amines is 1. The zero-order valence-corrected chi connectivity index (χ0v) is 16.3. The molecular weight excluding hydrogens is 370 g/mol. The number of morpholine rings is 1. The number of aromatic nitrogens is 5. The summed E-state index contributed by atoms with van der Waals surface area (Å²) < 4.78 is 11.7. The quantitative estimate of drug-likeness (QED) is 0.688.